The average molecular weight is 378 g/mol. The van der Waals surface area contributed by atoms with Crippen molar-refractivity contribution in [1.29, 1.82) is 0 Å². The number of aliphatic hydroxyl groups excluding tert-OH is 1. The van der Waals surface area contributed by atoms with Crippen LogP contribution in [0.2, 0.25) is 10.0 Å². The van der Waals surface area contributed by atoms with E-state index in [2.05, 4.69) is 15.6 Å². The summed E-state index contributed by atoms with van der Waals surface area (Å²) in [5, 5.41) is 17.1. The molecule has 6 nitrogen and oxygen atoms in total. The van der Waals surface area contributed by atoms with Crippen LogP contribution in [0.1, 0.15) is 13.8 Å². The number of aliphatic imine (C=N–C) groups is 1. The van der Waals surface area contributed by atoms with Crippen molar-refractivity contribution >= 4 is 29.2 Å². The van der Waals surface area contributed by atoms with E-state index in [4.69, 9.17) is 32.7 Å². The third-order valence-corrected chi connectivity index (χ3v) is 3.75. The number of hydrogen-bond donors (Lipinski definition) is 3. The highest BCUT2D eigenvalue weighted by molar-refractivity contribution is 6.42. The summed E-state index contributed by atoms with van der Waals surface area (Å²) < 4.78 is 10.6. The van der Waals surface area contributed by atoms with Crippen molar-refractivity contribution in [3.63, 3.8) is 0 Å². The van der Waals surface area contributed by atoms with Gasteiger partial charge in [0.1, 0.15) is 23.5 Å². The molecule has 2 unspecified atom stereocenters. The fraction of sp³-hybridized carbons (Fsp3) is 0.562. The van der Waals surface area contributed by atoms with E-state index in [1.54, 1.807) is 25.3 Å². The van der Waals surface area contributed by atoms with Gasteiger partial charge < -0.3 is 25.2 Å². The van der Waals surface area contributed by atoms with E-state index >= 15 is 0 Å². The minimum Gasteiger partial charge on any atom is -0.489 e. The van der Waals surface area contributed by atoms with E-state index in [9.17, 15) is 5.11 Å². The number of rotatable bonds is 9. The molecule has 0 aromatic heterocycles. The number of nitrogens with zero attached hydrogens (tertiary/aromatic N) is 1. The lowest BCUT2D eigenvalue weighted by molar-refractivity contribution is 0.114. The van der Waals surface area contributed by atoms with Crippen LogP contribution in [-0.2, 0) is 4.74 Å². The molecule has 0 spiro atoms. The van der Waals surface area contributed by atoms with Crippen LogP contribution in [0.15, 0.2) is 23.2 Å². The summed E-state index contributed by atoms with van der Waals surface area (Å²) in [4.78, 5) is 4.34. The van der Waals surface area contributed by atoms with E-state index in [0.29, 0.717) is 28.4 Å². The summed E-state index contributed by atoms with van der Waals surface area (Å²) in [6.07, 6.45) is -0.770. The molecule has 24 heavy (non-hydrogen) atoms. The molecule has 1 rings (SSSR count). The molecule has 3 N–H and O–H groups in total. The zero-order valence-electron chi connectivity index (χ0n) is 14.2. The number of benzene rings is 1. The Bertz CT molecular complexity index is 529. The van der Waals surface area contributed by atoms with Crippen LogP contribution >= 0.6 is 23.2 Å². The molecule has 136 valence electrons. The second kappa shape index (κ2) is 11.4. The summed E-state index contributed by atoms with van der Waals surface area (Å²) in [6.45, 7) is 5.49. The average Bonchev–Trinajstić information content (AvgIpc) is 2.54. The minimum absolute atomic E-state index is 0.0661. The highest BCUT2D eigenvalue weighted by Crippen LogP contribution is 2.31. The van der Waals surface area contributed by atoms with Gasteiger partial charge >= 0.3 is 0 Å². The number of hydrogen-bond acceptors (Lipinski definition) is 4. The quantitative estimate of drug-likeness (QED) is 0.454. The van der Waals surface area contributed by atoms with Crippen LogP contribution in [0.25, 0.3) is 0 Å². The van der Waals surface area contributed by atoms with Crippen molar-refractivity contribution in [3.05, 3.63) is 28.2 Å². The van der Waals surface area contributed by atoms with Crippen molar-refractivity contribution < 1.29 is 14.6 Å². The van der Waals surface area contributed by atoms with Gasteiger partial charge in [-0.15, -0.1) is 0 Å². The molecule has 0 saturated carbocycles. The molecular formula is C16H25Cl2N3O3. The van der Waals surface area contributed by atoms with Crippen LogP contribution in [-0.4, -0.2) is 56.6 Å². The molecule has 0 bridgehead atoms. The van der Waals surface area contributed by atoms with Gasteiger partial charge in [0.2, 0.25) is 0 Å². The molecule has 0 radical (unpaired) electrons. The Balaban J connectivity index is 2.51. The van der Waals surface area contributed by atoms with Gasteiger partial charge in [-0.05, 0) is 26.0 Å². The van der Waals surface area contributed by atoms with Gasteiger partial charge in [-0.2, -0.15) is 0 Å². The maximum absolute atomic E-state index is 10.0. The molecule has 0 saturated heterocycles. The lowest BCUT2D eigenvalue weighted by Gasteiger charge is -2.18. The number of aliphatic hydroxyl groups is 1. The Hall–Kier alpha value is -1.21. The number of halogens is 2. The van der Waals surface area contributed by atoms with Crippen LogP contribution in [0.5, 0.6) is 5.75 Å². The van der Waals surface area contributed by atoms with Crippen LogP contribution in [0.4, 0.5) is 0 Å². The molecule has 1 aromatic carbocycles. The highest BCUT2D eigenvalue weighted by Gasteiger charge is 2.10. The van der Waals surface area contributed by atoms with E-state index in [1.807, 2.05) is 13.8 Å². The predicted octanol–water partition coefficient (Wildman–Crippen LogP) is 2.32. The van der Waals surface area contributed by atoms with Gasteiger partial charge in [0, 0.05) is 19.7 Å². The lowest BCUT2D eigenvalue weighted by atomic mass is 10.3. The molecular weight excluding hydrogens is 353 g/mol. The molecule has 2 atom stereocenters. The van der Waals surface area contributed by atoms with Crippen molar-refractivity contribution in [1.82, 2.24) is 10.6 Å². The van der Waals surface area contributed by atoms with E-state index in [-0.39, 0.29) is 19.2 Å². The normalized spacial score (nSPS) is 14.2. The second-order valence-corrected chi connectivity index (χ2v) is 6.02. The molecule has 0 aliphatic rings. The largest absolute Gasteiger partial charge is 0.489 e. The number of ether oxygens (including phenoxy) is 2. The lowest BCUT2D eigenvalue weighted by Crippen LogP contribution is -2.44. The topological polar surface area (TPSA) is 75.1 Å². The molecule has 0 aliphatic carbocycles. The number of nitrogens with one attached hydrogen (secondary N) is 2. The maximum Gasteiger partial charge on any atom is 0.191 e. The Morgan fingerprint density at radius 2 is 2.08 bits per heavy atom. The van der Waals surface area contributed by atoms with Gasteiger partial charge in [-0.3, -0.25) is 4.99 Å². The van der Waals surface area contributed by atoms with Gasteiger partial charge in [-0.25, -0.2) is 0 Å². The zero-order chi connectivity index (χ0) is 17.9. The second-order valence-electron chi connectivity index (χ2n) is 5.24. The predicted molar refractivity (Wildman–Crippen MR) is 98.4 cm³/mol. The van der Waals surface area contributed by atoms with Crippen molar-refractivity contribution in [2.75, 3.05) is 33.4 Å². The first-order valence-corrected chi connectivity index (χ1v) is 8.52. The highest BCUT2D eigenvalue weighted by atomic mass is 35.5. The first kappa shape index (κ1) is 20.8. The molecule has 0 amide bonds. The van der Waals surface area contributed by atoms with E-state index < -0.39 is 6.10 Å². The van der Waals surface area contributed by atoms with Gasteiger partial charge in [0.25, 0.3) is 0 Å². The summed E-state index contributed by atoms with van der Waals surface area (Å²) >= 11 is 12.0. The van der Waals surface area contributed by atoms with Crippen molar-refractivity contribution in [3.8, 4) is 5.75 Å². The zero-order valence-corrected chi connectivity index (χ0v) is 15.7. The maximum atomic E-state index is 10.0. The SMILES string of the molecule is CCNC(=NCC(O)COc1cccc(Cl)c1Cl)NC(C)COC. The first-order valence-electron chi connectivity index (χ1n) is 7.76. The Kier molecular flexibility index (Phi) is 9.86. The number of guanidine groups is 1. The van der Waals surface area contributed by atoms with E-state index in [0.717, 1.165) is 6.54 Å². The molecule has 8 heteroatoms. The summed E-state index contributed by atoms with van der Waals surface area (Å²) in [5.74, 6) is 1.05. The molecule has 0 aliphatic heterocycles. The molecule has 0 heterocycles. The van der Waals surface area contributed by atoms with Crippen LogP contribution < -0.4 is 15.4 Å². The minimum atomic E-state index is -0.770. The summed E-state index contributed by atoms with van der Waals surface area (Å²) in [7, 11) is 1.64. The monoisotopic (exact) mass is 377 g/mol. The van der Waals surface area contributed by atoms with Gasteiger partial charge in [-0.1, -0.05) is 29.3 Å². The fourth-order valence-corrected chi connectivity index (χ4v) is 2.22. The molecule has 0 fully saturated rings. The molecule has 1 aromatic rings. The summed E-state index contributed by atoms with van der Waals surface area (Å²) in [6, 6.07) is 5.21. The fourth-order valence-electron chi connectivity index (χ4n) is 1.88. The Morgan fingerprint density at radius 1 is 1.33 bits per heavy atom. The van der Waals surface area contributed by atoms with Crippen LogP contribution in [0, 0.1) is 0 Å². The van der Waals surface area contributed by atoms with E-state index in [1.165, 1.54) is 0 Å². The Labute approximate surface area is 153 Å². The Morgan fingerprint density at radius 3 is 2.75 bits per heavy atom. The van der Waals surface area contributed by atoms with Crippen LogP contribution in [0.3, 0.4) is 0 Å². The van der Waals surface area contributed by atoms with Gasteiger partial charge in [0.15, 0.2) is 5.96 Å². The first-order chi connectivity index (χ1) is 11.5. The van der Waals surface area contributed by atoms with Crippen molar-refractivity contribution in [2.45, 2.75) is 26.0 Å². The smallest absolute Gasteiger partial charge is 0.191 e. The number of methoxy groups -OCH3 is 1. The summed E-state index contributed by atoms with van der Waals surface area (Å²) in [5.41, 5.74) is 0. The van der Waals surface area contributed by atoms with Gasteiger partial charge in [0.05, 0.1) is 18.2 Å². The standard InChI is InChI=1S/C16H25Cl2N3O3/c1-4-19-16(21-11(2)9-23-3)20-8-12(22)10-24-14-7-5-6-13(17)15(14)18/h5-7,11-12,22H,4,8-10H2,1-3H3,(H2,19,20,21). The third-order valence-electron chi connectivity index (χ3n) is 2.95. The third kappa shape index (κ3) is 7.57. The van der Waals surface area contributed by atoms with Crippen molar-refractivity contribution in [2.24, 2.45) is 4.99 Å².